The van der Waals surface area contributed by atoms with Gasteiger partial charge in [-0.2, -0.15) is 0 Å². The molecule has 1 heterocycles. The van der Waals surface area contributed by atoms with E-state index in [-0.39, 0.29) is 29.7 Å². The first-order valence-electron chi connectivity index (χ1n) is 15.5. The largest absolute Gasteiger partial charge is 0.399 e. The van der Waals surface area contributed by atoms with Crippen LogP contribution in [-0.4, -0.2) is 60.9 Å². The third-order valence-corrected chi connectivity index (χ3v) is 8.05. The zero-order valence-electron chi connectivity index (χ0n) is 26.0. The Morgan fingerprint density at radius 3 is 2.62 bits per heavy atom. The van der Waals surface area contributed by atoms with Gasteiger partial charge in [0.25, 0.3) is 5.91 Å². The molecular weight excluding hydrogens is 562 g/mol. The number of allylic oxidation sites excluding steroid dienone is 4. The Kier molecular flexibility index (Phi) is 11.9. The number of hydrogen-bond acceptors (Lipinski definition) is 5. The van der Waals surface area contributed by atoms with Crippen LogP contribution < -0.4 is 27.8 Å². The van der Waals surface area contributed by atoms with E-state index in [0.29, 0.717) is 56.7 Å². The molecule has 1 fully saturated rings. The number of hydrogen-bond donors (Lipinski definition) is 5. The second-order valence-corrected chi connectivity index (χ2v) is 11.3. The summed E-state index contributed by atoms with van der Waals surface area (Å²) < 4.78 is 0. The number of carbonyl (C=O) groups is 2. The zero-order valence-corrected chi connectivity index (χ0v) is 26.0. The molecule has 0 aromatic heterocycles. The van der Waals surface area contributed by atoms with Crippen molar-refractivity contribution in [3.63, 3.8) is 0 Å². The van der Waals surface area contributed by atoms with Gasteiger partial charge in [0.05, 0.1) is 6.04 Å². The molecule has 1 aliphatic rings. The molecule has 3 aromatic carbocycles. The lowest BCUT2D eigenvalue weighted by Gasteiger charge is -2.30. The highest BCUT2D eigenvalue weighted by Gasteiger charge is 2.32. The van der Waals surface area contributed by atoms with Gasteiger partial charge in [-0.1, -0.05) is 73.3 Å². The summed E-state index contributed by atoms with van der Waals surface area (Å²) in [5.74, 6) is -0.138. The predicted molar refractivity (Wildman–Crippen MR) is 185 cm³/mol. The van der Waals surface area contributed by atoms with E-state index in [0.717, 1.165) is 21.9 Å². The number of nitrogens with two attached hydrogens (primary N) is 3. The Morgan fingerprint density at radius 2 is 1.89 bits per heavy atom. The van der Waals surface area contributed by atoms with Crippen LogP contribution in [0.15, 0.2) is 108 Å². The van der Waals surface area contributed by atoms with E-state index in [9.17, 15) is 9.59 Å². The molecule has 8 N–H and O–H groups in total. The van der Waals surface area contributed by atoms with Crippen molar-refractivity contribution in [2.75, 3.05) is 31.9 Å². The quantitative estimate of drug-likeness (QED) is 0.0645. The number of carbonyl (C=O) groups excluding carboxylic acids is 2. The average molecular weight is 608 g/mol. The van der Waals surface area contributed by atoms with Gasteiger partial charge in [-0.3, -0.25) is 14.6 Å². The fraction of sp³-hybridized carbons (Fsp3) is 0.306. The molecule has 9 nitrogen and oxygen atoms in total. The van der Waals surface area contributed by atoms with E-state index in [2.05, 4.69) is 40.4 Å². The number of anilines is 1. The molecule has 1 aliphatic heterocycles. The summed E-state index contributed by atoms with van der Waals surface area (Å²) in [4.78, 5) is 33.3. The van der Waals surface area contributed by atoms with Crippen LogP contribution in [0.4, 0.5) is 5.69 Å². The van der Waals surface area contributed by atoms with Gasteiger partial charge in [0.15, 0.2) is 5.96 Å². The van der Waals surface area contributed by atoms with Crippen LogP contribution in [0.5, 0.6) is 0 Å². The number of nitrogens with one attached hydrogen (secondary N) is 2. The van der Waals surface area contributed by atoms with E-state index < -0.39 is 6.04 Å². The van der Waals surface area contributed by atoms with Gasteiger partial charge in [-0.15, -0.1) is 0 Å². The van der Waals surface area contributed by atoms with Crippen molar-refractivity contribution in [2.45, 2.75) is 44.2 Å². The molecule has 0 radical (unpaired) electrons. The molecule has 3 atom stereocenters. The molecule has 0 spiro atoms. The number of aliphatic imine (C=N–C) groups is 1. The van der Waals surface area contributed by atoms with Crippen LogP contribution in [0.1, 0.15) is 48.0 Å². The van der Waals surface area contributed by atoms with Gasteiger partial charge in [-0.25, -0.2) is 0 Å². The Balaban J connectivity index is 1.52. The Morgan fingerprint density at radius 1 is 1.13 bits per heavy atom. The van der Waals surface area contributed by atoms with Gasteiger partial charge in [0.2, 0.25) is 5.91 Å². The number of fused-ring (bicyclic) bond motifs is 1. The minimum Gasteiger partial charge on any atom is -0.399 e. The second-order valence-electron chi connectivity index (χ2n) is 11.3. The number of nitrogen functional groups attached to an aromatic ring is 1. The highest BCUT2D eigenvalue weighted by atomic mass is 16.2. The van der Waals surface area contributed by atoms with Crippen molar-refractivity contribution in [3.8, 4) is 0 Å². The third kappa shape index (κ3) is 9.30. The van der Waals surface area contributed by atoms with Gasteiger partial charge < -0.3 is 32.7 Å². The maximum Gasteiger partial charge on any atom is 0.251 e. The topological polar surface area (TPSA) is 152 Å². The van der Waals surface area contributed by atoms with E-state index in [1.165, 1.54) is 0 Å². The summed E-state index contributed by atoms with van der Waals surface area (Å²) in [6, 6.07) is 20.9. The van der Waals surface area contributed by atoms with E-state index in [4.69, 9.17) is 17.2 Å². The van der Waals surface area contributed by atoms with Crippen molar-refractivity contribution in [2.24, 2.45) is 16.5 Å². The van der Waals surface area contributed by atoms with Gasteiger partial charge in [0.1, 0.15) is 0 Å². The first-order valence-corrected chi connectivity index (χ1v) is 15.5. The zero-order chi connectivity index (χ0) is 32.2. The summed E-state index contributed by atoms with van der Waals surface area (Å²) in [5.41, 5.74) is 20.4. The van der Waals surface area contributed by atoms with Crippen LogP contribution in [0.3, 0.4) is 0 Å². The molecule has 0 aliphatic carbocycles. The van der Waals surface area contributed by atoms with Gasteiger partial charge >= 0.3 is 0 Å². The minimum atomic E-state index is -0.445. The summed E-state index contributed by atoms with van der Waals surface area (Å²) in [6.45, 7) is 7.78. The van der Waals surface area contributed by atoms with Crippen LogP contribution >= 0.6 is 0 Å². The SMILES string of the molecule is C=C/C=C(\C=C/C)C(CN1CC[C@@H](CNC(=O)c2ccc3cc(N)ccc3c2)NC(CCCN=C(N)N)C1=O)c1ccccc1. The third-order valence-electron chi connectivity index (χ3n) is 8.05. The predicted octanol–water partition coefficient (Wildman–Crippen LogP) is 4.24. The standard InChI is InChI=1S/C36H45N7O2/c1-3-9-25(10-4-2)32(26-11-6-5-7-12-26)24-43-20-18-31(42-33(35(43)45)13-8-19-40-36(38)39)23-41-34(44)29-15-14-28-22-30(37)17-16-27(28)21-29/h3-7,9-12,14-17,21-22,31-33,42H,1,8,13,18-20,23-24,37H2,2H3,(H,41,44)(H4,38,39,40)/b10-4-,25-9+/t31-,32?,33?/m0/s1. The molecule has 9 heteroatoms. The lowest BCUT2D eigenvalue weighted by molar-refractivity contribution is -0.133. The number of nitrogens with zero attached hydrogens (tertiary/aromatic N) is 2. The molecule has 0 bridgehead atoms. The van der Waals surface area contributed by atoms with Crippen LogP contribution in [0, 0.1) is 0 Å². The molecule has 2 amide bonds. The molecule has 4 rings (SSSR count). The molecule has 45 heavy (non-hydrogen) atoms. The van der Waals surface area contributed by atoms with Crippen molar-refractivity contribution >= 4 is 34.2 Å². The summed E-state index contributed by atoms with van der Waals surface area (Å²) >= 11 is 0. The monoisotopic (exact) mass is 607 g/mol. The Hall–Kier alpha value is -4.89. The van der Waals surface area contributed by atoms with Crippen molar-refractivity contribution in [1.82, 2.24) is 15.5 Å². The molecule has 1 saturated heterocycles. The Labute approximate surface area is 265 Å². The number of rotatable bonds is 13. The molecular formula is C36H45N7O2. The first kappa shape index (κ1) is 33.0. The minimum absolute atomic E-state index is 0.0293. The fourth-order valence-electron chi connectivity index (χ4n) is 5.78. The van der Waals surface area contributed by atoms with Crippen LogP contribution in [-0.2, 0) is 4.79 Å². The second kappa shape index (κ2) is 16.3. The van der Waals surface area contributed by atoms with Crippen LogP contribution in [0.2, 0.25) is 0 Å². The molecule has 236 valence electrons. The first-order chi connectivity index (χ1) is 21.8. The lowest BCUT2D eigenvalue weighted by atomic mass is 9.89. The Bertz CT molecular complexity index is 1560. The smallest absolute Gasteiger partial charge is 0.251 e. The highest BCUT2D eigenvalue weighted by Crippen LogP contribution is 2.28. The summed E-state index contributed by atoms with van der Waals surface area (Å²) in [5, 5.41) is 8.55. The normalized spacial score (nSPS) is 18.0. The molecule has 0 saturated carbocycles. The molecule has 3 aromatic rings. The fourth-order valence-corrected chi connectivity index (χ4v) is 5.78. The van der Waals surface area contributed by atoms with Crippen molar-refractivity contribution < 1.29 is 9.59 Å². The highest BCUT2D eigenvalue weighted by molar-refractivity contribution is 5.99. The van der Waals surface area contributed by atoms with Gasteiger partial charge in [-0.05, 0) is 72.4 Å². The summed E-state index contributed by atoms with van der Waals surface area (Å²) in [7, 11) is 0. The van der Waals surface area contributed by atoms with E-state index in [1.54, 1.807) is 12.1 Å². The average Bonchev–Trinajstić information content (AvgIpc) is 3.18. The summed E-state index contributed by atoms with van der Waals surface area (Å²) in [6.07, 6.45) is 9.75. The van der Waals surface area contributed by atoms with Crippen molar-refractivity contribution in [3.05, 3.63) is 114 Å². The number of guanidine groups is 1. The van der Waals surface area contributed by atoms with Gasteiger partial charge in [0, 0.05) is 49.4 Å². The molecule has 2 unspecified atom stereocenters. The van der Waals surface area contributed by atoms with E-state index in [1.807, 2.05) is 72.5 Å². The van der Waals surface area contributed by atoms with Crippen LogP contribution in [0.25, 0.3) is 10.8 Å². The maximum absolute atomic E-state index is 14.1. The van der Waals surface area contributed by atoms with E-state index >= 15 is 0 Å². The maximum atomic E-state index is 14.1. The van der Waals surface area contributed by atoms with Crippen molar-refractivity contribution in [1.29, 1.82) is 0 Å². The lowest BCUT2D eigenvalue weighted by Crippen LogP contribution is -2.49. The number of amides is 2. The number of benzene rings is 3.